The summed E-state index contributed by atoms with van der Waals surface area (Å²) in [6.45, 7) is 7.58. The topological polar surface area (TPSA) is 92.3 Å². The second-order valence-electron chi connectivity index (χ2n) is 7.44. The Balaban J connectivity index is 1.58. The van der Waals surface area contributed by atoms with Crippen LogP contribution in [0.15, 0.2) is 42.5 Å². The van der Waals surface area contributed by atoms with Crippen molar-refractivity contribution in [2.45, 2.75) is 13.3 Å². The van der Waals surface area contributed by atoms with Gasteiger partial charge in [-0.25, -0.2) is 0 Å². The molecule has 8 nitrogen and oxygen atoms in total. The number of aliphatic hydroxyl groups is 1. The Bertz CT molecular complexity index is 820. The second-order valence-corrected chi connectivity index (χ2v) is 7.44. The summed E-state index contributed by atoms with van der Waals surface area (Å²) in [6.07, 6.45) is 0.986. The van der Waals surface area contributed by atoms with Crippen molar-refractivity contribution in [1.29, 1.82) is 0 Å². The van der Waals surface area contributed by atoms with Crippen LogP contribution in [-0.2, 0) is 6.42 Å². The van der Waals surface area contributed by atoms with Gasteiger partial charge in [0.2, 0.25) is 0 Å². The van der Waals surface area contributed by atoms with Crippen molar-refractivity contribution in [1.82, 2.24) is 0 Å². The molecule has 1 saturated heterocycles. The third kappa shape index (κ3) is 5.84. The Labute approximate surface area is 177 Å². The van der Waals surface area contributed by atoms with E-state index in [4.69, 9.17) is 9.84 Å². The predicted molar refractivity (Wildman–Crippen MR) is 118 cm³/mol. The molecule has 8 heteroatoms. The highest BCUT2D eigenvalue weighted by molar-refractivity contribution is 5.69. The molecule has 3 rings (SSSR count). The summed E-state index contributed by atoms with van der Waals surface area (Å²) >= 11 is 0. The number of nitro groups is 1. The van der Waals surface area contributed by atoms with Crippen LogP contribution in [-0.4, -0.2) is 62.5 Å². The van der Waals surface area contributed by atoms with Crippen LogP contribution in [0.25, 0.3) is 0 Å². The first-order chi connectivity index (χ1) is 14.6. The number of rotatable bonds is 10. The van der Waals surface area contributed by atoms with Crippen molar-refractivity contribution in [3.63, 3.8) is 0 Å². The fraction of sp³-hybridized carbons (Fsp3) is 0.455. The number of aliphatic hydroxyl groups excluding tert-OH is 1. The van der Waals surface area contributed by atoms with Crippen molar-refractivity contribution >= 4 is 17.1 Å². The van der Waals surface area contributed by atoms with Crippen molar-refractivity contribution in [2.75, 3.05) is 62.7 Å². The van der Waals surface area contributed by atoms with E-state index in [1.807, 2.05) is 36.4 Å². The highest BCUT2D eigenvalue weighted by Gasteiger charge is 2.22. The Morgan fingerprint density at radius 3 is 2.57 bits per heavy atom. The average Bonchev–Trinajstić information content (AvgIpc) is 2.77. The minimum Gasteiger partial charge on any atom is -0.492 e. The maximum absolute atomic E-state index is 11.4. The van der Waals surface area contributed by atoms with Gasteiger partial charge in [-0.3, -0.25) is 10.1 Å². The molecule has 162 valence electrons. The van der Waals surface area contributed by atoms with Crippen LogP contribution in [0.5, 0.6) is 5.75 Å². The summed E-state index contributed by atoms with van der Waals surface area (Å²) in [6, 6.07) is 13.2. The van der Waals surface area contributed by atoms with E-state index in [9.17, 15) is 10.1 Å². The first-order valence-corrected chi connectivity index (χ1v) is 10.5. The van der Waals surface area contributed by atoms with Gasteiger partial charge in [0.05, 0.1) is 37.7 Å². The summed E-state index contributed by atoms with van der Waals surface area (Å²) < 4.78 is 5.74. The zero-order valence-electron chi connectivity index (χ0n) is 17.5. The molecule has 0 atom stereocenters. The summed E-state index contributed by atoms with van der Waals surface area (Å²) in [5, 5.41) is 23.7. The van der Waals surface area contributed by atoms with E-state index in [1.54, 1.807) is 6.07 Å². The number of hydrogen-bond donors (Lipinski definition) is 3. The van der Waals surface area contributed by atoms with Gasteiger partial charge in [-0.1, -0.05) is 19.1 Å². The van der Waals surface area contributed by atoms with Gasteiger partial charge in [-0.2, -0.15) is 0 Å². The van der Waals surface area contributed by atoms with E-state index in [2.05, 4.69) is 17.1 Å². The number of nitrogens with one attached hydrogen (secondary N) is 2. The van der Waals surface area contributed by atoms with Crippen LogP contribution in [0.4, 0.5) is 17.1 Å². The van der Waals surface area contributed by atoms with E-state index in [1.165, 1.54) is 10.5 Å². The Morgan fingerprint density at radius 2 is 1.93 bits per heavy atom. The van der Waals surface area contributed by atoms with Crippen LogP contribution in [0.1, 0.15) is 12.5 Å². The summed E-state index contributed by atoms with van der Waals surface area (Å²) in [4.78, 5) is 14.7. The van der Waals surface area contributed by atoms with Crippen molar-refractivity contribution < 1.29 is 19.7 Å². The molecule has 1 heterocycles. The molecule has 3 N–H and O–H groups in total. The van der Waals surface area contributed by atoms with E-state index in [0.717, 1.165) is 50.6 Å². The van der Waals surface area contributed by atoms with Crippen molar-refractivity contribution in [3.05, 3.63) is 58.1 Å². The third-order valence-electron chi connectivity index (χ3n) is 5.50. The lowest BCUT2D eigenvalue weighted by molar-refractivity contribution is -0.900. The summed E-state index contributed by atoms with van der Waals surface area (Å²) in [7, 11) is 0. The number of ether oxygens (including phenoxy) is 1. The standard InChI is InChI=1S/C22H30N4O4/c1-2-18-3-6-20(7-4-18)30-16-9-23-21-17-19(5-8-22(21)26(28)29)25-12-10-24(11-13-25)14-15-27/h3-8,17,23,27H,2,9-16H2,1H3/p+1. The molecular weight excluding hydrogens is 384 g/mol. The molecule has 1 aliphatic rings. The molecule has 1 fully saturated rings. The number of piperazine rings is 1. The van der Waals surface area contributed by atoms with E-state index in [-0.39, 0.29) is 17.2 Å². The van der Waals surface area contributed by atoms with Gasteiger partial charge < -0.3 is 25.0 Å². The molecule has 0 aliphatic carbocycles. The molecule has 0 radical (unpaired) electrons. The van der Waals surface area contributed by atoms with Crippen LogP contribution >= 0.6 is 0 Å². The fourth-order valence-corrected chi connectivity index (χ4v) is 3.69. The molecule has 2 aromatic rings. The quantitative estimate of drug-likeness (QED) is 0.308. The molecule has 30 heavy (non-hydrogen) atoms. The van der Waals surface area contributed by atoms with Crippen LogP contribution in [0.3, 0.4) is 0 Å². The smallest absolute Gasteiger partial charge is 0.292 e. The number of quaternary nitrogens is 1. The zero-order valence-corrected chi connectivity index (χ0v) is 17.5. The van der Waals surface area contributed by atoms with Gasteiger partial charge in [0, 0.05) is 18.3 Å². The highest BCUT2D eigenvalue weighted by atomic mass is 16.6. The second kappa shape index (κ2) is 10.8. The maximum Gasteiger partial charge on any atom is 0.292 e. The first kappa shape index (κ1) is 21.9. The Morgan fingerprint density at radius 1 is 1.20 bits per heavy atom. The average molecular weight is 416 g/mol. The normalized spacial score (nSPS) is 14.5. The highest BCUT2D eigenvalue weighted by Crippen LogP contribution is 2.29. The minimum absolute atomic E-state index is 0.0654. The number of hydrogen-bond acceptors (Lipinski definition) is 6. The van der Waals surface area contributed by atoms with Gasteiger partial charge >= 0.3 is 0 Å². The lowest BCUT2D eigenvalue weighted by Crippen LogP contribution is -3.15. The van der Waals surface area contributed by atoms with Gasteiger partial charge in [-0.15, -0.1) is 0 Å². The molecule has 0 spiro atoms. The Kier molecular flexibility index (Phi) is 7.87. The van der Waals surface area contributed by atoms with Gasteiger partial charge in [0.1, 0.15) is 24.6 Å². The predicted octanol–water partition coefficient (Wildman–Crippen LogP) is 1.35. The minimum atomic E-state index is -0.361. The zero-order chi connectivity index (χ0) is 21.3. The summed E-state index contributed by atoms with van der Waals surface area (Å²) in [5.41, 5.74) is 2.80. The van der Waals surface area contributed by atoms with E-state index in [0.29, 0.717) is 18.8 Å². The van der Waals surface area contributed by atoms with Crippen molar-refractivity contribution in [2.24, 2.45) is 0 Å². The van der Waals surface area contributed by atoms with Crippen molar-refractivity contribution in [3.8, 4) is 5.75 Å². The molecular formula is C22H31N4O4+. The molecule has 2 aromatic carbocycles. The number of anilines is 2. The van der Waals surface area contributed by atoms with Crippen LogP contribution in [0.2, 0.25) is 0 Å². The Hall–Kier alpha value is -2.84. The van der Waals surface area contributed by atoms with Crippen LogP contribution in [0, 0.1) is 10.1 Å². The SMILES string of the molecule is CCc1ccc(OCCNc2cc(N3CC[NH+](CCO)CC3)ccc2[N+](=O)[O-])cc1. The van der Waals surface area contributed by atoms with Gasteiger partial charge in [0.15, 0.2) is 0 Å². The summed E-state index contributed by atoms with van der Waals surface area (Å²) in [5.74, 6) is 0.792. The molecule has 0 saturated carbocycles. The van der Waals surface area contributed by atoms with E-state index < -0.39 is 0 Å². The number of benzene rings is 2. The number of nitrogens with zero attached hydrogens (tertiary/aromatic N) is 2. The molecule has 0 amide bonds. The molecule has 1 aliphatic heterocycles. The fourth-order valence-electron chi connectivity index (χ4n) is 3.69. The van der Waals surface area contributed by atoms with Gasteiger partial charge in [-0.05, 0) is 36.2 Å². The number of aryl methyl sites for hydroxylation is 1. The van der Waals surface area contributed by atoms with Crippen LogP contribution < -0.4 is 19.9 Å². The largest absolute Gasteiger partial charge is 0.492 e. The first-order valence-electron chi connectivity index (χ1n) is 10.5. The lowest BCUT2D eigenvalue weighted by Gasteiger charge is -2.33. The van der Waals surface area contributed by atoms with E-state index >= 15 is 0 Å². The third-order valence-corrected chi connectivity index (χ3v) is 5.50. The van der Waals surface area contributed by atoms with Gasteiger partial charge in [0.25, 0.3) is 5.69 Å². The molecule has 0 aromatic heterocycles. The molecule has 0 unspecified atom stereocenters. The number of nitro benzene ring substituents is 1. The maximum atomic E-state index is 11.4. The lowest BCUT2D eigenvalue weighted by atomic mass is 10.2. The monoisotopic (exact) mass is 415 g/mol. The molecule has 0 bridgehead atoms.